The fourth-order valence-corrected chi connectivity index (χ4v) is 3.68. The summed E-state index contributed by atoms with van der Waals surface area (Å²) in [6.45, 7) is 0. The molecule has 0 unspecified atom stereocenters. The number of urea groups is 1. The highest BCUT2D eigenvalue weighted by molar-refractivity contribution is 5.88. The van der Waals surface area contributed by atoms with Gasteiger partial charge in [0.1, 0.15) is 11.9 Å². The highest BCUT2D eigenvalue weighted by Crippen LogP contribution is 2.25. The second-order valence-corrected chi connectivity index (χ2v) is 6.80. The number of fused-ring (bicyclic) bond motifs is 1. The molecule has 132 valence electrons. The van der Waals surface area contributed by atoms with Crippen LogP contribution in [-0.2, 0) is 19.9 Å². The van der Waals surface area contributed by atoms with Crippen molar-refractivity contribution >= 4 is 11.8 Å². The van der Waals surface area contributed by atoms with Gasteiger partial charge in [0.2, 0.25) is 0 Å². The average Bonchev–Trinajstić information content (AvgIpc) is 3.30. The van der Waals surface area contributed by atoms with Crippen molar-refractivity contribution in [3.8, 4) is 5.75 Å². The second kappa shape index (κ2) is 6.74. The fraction of sp³-hybridized carbons (Fsp3) is 0.500. The van der Waals surface area contributed by atoms with E-state index in [1.807, 2.05) is 19.3 Å². The highest BCUT2D eigenvalue weighted by Gasteiger charge is 2.30. The summed E-state index contributed by atoms with van der Waals surface area (Å²) in [6, 6.07) is 3.71. The van der Waals surface area contributed by atoms with Crippen LogP contribution >= 0.6 is 0 Å². The molecule has 0 aliphatic heterocycles. The highest BCUT2D eigenvalue weighted by atomic mass is 16.5. The third-order valence-electron chi connectivity index (χ3n) is 4.91. The van der Waals surface area contributed by atoms with Gasteiger partial charge in [-0.05, 0) is 50.2 Å². The first-order chi connectivity index (χ1) is 12.2. The van der Waals surface area contributed by atoms with E-state index in [4.69, 9.17) is 4.74 Å². The van der Waals surface area contributed by atoms with Gasteiger partial charge in [0.25, 0.3) is 0 Å². The SMILES string of the molecule is Cn1cc(O[C@@H]2CCC[C@@H]2NC(=O)Nc2ccc3c(n2)CCC3)cn1. The lowest BCUT2D eigenvalue weighted by molar-refractivity contribution is 0.175. The zero-order valence-electron chi connectivity index (χ0n) is 14.4. The minimum Gasteiger partial charge on any atom is -0.485 e. The lowest BCUT2D eigenvalue weighted by Crippen LogP contribution is -2.44. The minimum absolute atomic E-state index is 0.00497. The molecule has 2 N–H and O–H groups in total. The molecule has 2 aromatic heterocycles. The van der Waals surface area contributed by atoms with E-state index in [9.17, 15) is 4.79 Å². The van der Waals surface area contributed by atoms with Gasteiger partial charge in [-0.1, -0.05) is 6.07 Å². The van der Waals surface area contributed by atoms with E-state index in [2.05, 4.69) is 26.8 Å². The Labute approximate surface area is 146 Å². The van der Waals surface area contributed by atoms with Crippen LogP contribution in [-0.4, -0.2) is 32.9 Å². The molecule has 2 amide bonds. The first-order valence-corrected chi connectivity index (χ1v) is 8.89. The smallest absolute Gasteiger partial charge is 0.320 e. The molecule has 7 nitrogen and oxygen atoms in total. The van der Waals surface area contributed by atoms with Crippen LogP contribution in [0.5, 0.6) is 5.75 Å². The van der Waals surface area contributed by atoms with Gasteiger partial charge in [-0.25, -0.2) is 9.78 Å². The molecule has 1 saturated carbocycles. The lowest BCUT2D eigenvalue weighted by atomic mass is 10.2. The number of hydrogen-bond acceptors (Lipinski definition) is 4. The Balaban J connectivity index is 1.35. The van der Waals surface area contributed by atoms with Crippen molar-refractivity contribution in [3.05, 3.63) is 35.8 Å². The Morgan fingerprint density at radius 3 is 3.04 bits per heavy atom. The third kappa shape index (κ3) is 3.60. The number of rotatable bonds is 4. The fourth-order valence-electron chi connectivity index (χ4n) is 3.68. The van der Waals surface area contributed by atoms with Crippen molar-refractivity contribution in [2.75, 3.05) is 5.32 Å². The first-order valence-electron chi connectivity index (χ1n) is 8.89. The predicted octanol–water partition coefficient (Wildman–Crippen LogP) is 2.43. The van der Waals surface area contributed by atoms with Crippen LogP contribution < -0.4 is 15.4 Å². The molecule has 2 aliphatic carbocycles. The van der Waals surface area contributed by atoms with Crippen LogP contribution in [0.15, 0.2) is 24.5 Å². The molecule has 25 heavy (non-hydrogen) atoms. The number of hydrogen-bond donors (Lipinski definition) is 2. The molecule has 0 spiro atoms. The van der Waals surface area contributed by atoms with E-state index in [1.54, 1.807) is 10.9 Å². The molecular weight excluding hydrogens is 318 g/mol. The van der Waals surface area contributed by atoms with Gasteiger partial charge >= 0.3 is 6.03 Å². The second-order valence-electron chi connectivity index (χ2n) is 6.80. The van der Waals surface area contributed by atoms with E-state index < -0.39 is 0 Å². The topological polar surface area (TPSA) is 81.1 Å². The van der Waals surface area contributed by atoms with Crippen molar-refractivity contribution in [2.24, 2.45) is 7.05 Å². The first kappa shape index (κ1) is 15.9. The quantitative estimate of drug-likeness (QED) is 0.895. The Hall–Kier alpha value is -2.57. The Bertz CT molecular complexity index is 773. The number of carbonyl (C=O) groups is 1. The Kier molecular flexibility index (Phi) is 4.29. The number of carbonyl (C=O) groups excluding carboxylic acids is 1. The molecule has 2 atom stereocenters. The predicted molar refractivity (Wildman–Crippen MR) is 93.7 cm³/mol. The van der Waals surface area contributed by atoms with E-state index >= 15 is 0 Å². The van der Waals surface area contributed by atoms with E-state index in [0.717, 1.165) is 50.0 Å². The van der Waals surface area contributed by atoms with Crippen LogP contribution in [0.4, 0.5) is 10.6 Å². The average molecular weight is 341 g/mol. The molecule has 0 aromatic carbocycles. The van der Waals surface area contributed by atoms with Crippen LogP contribution in [0.1, 0.15) is 36.9 Å². The van der Waals surface area contributed by atoms with Gasteiger partial charge in [-0.2, -0.15) is 5.10 Å². The van der Waals surface area contributed by atoms with Crippen molar-refractivity contribution < 1.29 is 9.53 Å². The third-order valence-corrected chi connectivity index (χ3v) is 4.91. The van der Waals surface area contributed by atoms with Gasteiger partial charge in [0.15, 0.2) is 5.75 Å². The number of ether oxygens (including phenoxy) is 1. The normalized spacial score (nSPS) is 21.8. The van der Waals surface area contributed by atoms with Gasteiger partial charge in [-0.3, -0.25) is 10.00 Å². The summed E-state index contributed by atoms with van der Waals surface area (Å²) in [7, 11) is 1.86. The standard InChI is InChI=1S/C18H23N5O2/c1-23-11-13(10-19-23)25-16-7-3-6-15(16)21-18(24)22-17-9-8-12-4-2-5-14(12)20-17/h8-11,15-16H,2-7H2,1H3,(H2,20,21,22,24)/t15-,16+/m0/s1. The van der Waals surface area contributed by atoms with Crippen LogP contribution in [0.2, 0.25) is 0 Å². The number of aromatic nitrogens is 3. The Morgan fingerprint density at radius 1 is 1.28 bits per heavy atom. The van der Waals surface area contributed by atoms with Crippen LogP contribution in [0.3, 0.4) is 0 Å². The summed E-state index contributed by atoms with van der Waals surface area (Å²) < 4.78 is 7.69. The van der Waals surface area contributed by atoms with Gasteiger partial charge in [0.05, 0.1) is 18.4 Å². The van der Waals surface area contributed by atoms with E-state index in [-0.39, 0.29) is 18.2 Å². The van der Waals surface area contributed by atoms with Crippen LogP contribution in [0, 0.1) is 0 Å². The monoisotopic (exact) mass is 341 g/mol. The largest absolute Gasteiger partial charge is 0.485 e. The number of pyridine rings is 1. The number of aryl methyl sites for hydroxylation is 3. The molecule has 2 aromatic rings. The zero-order chi connectivity index (χ0) is 17.2. The van der Waals surface area contributed by atoms with Gasteiger partial charge < -0.3 is 10.1 Å². The Morgan fingerprint density at radius 2 is 2.20 bits per heavy atom. The van der Waals surface area contributed by atoms with Gasteiger partial charge in [0, 0.05) is 12.7 Å². The maximum atomic E-state index is 12.3. The van der Waals surface area contributed by atoms with Gasteiger partial charge in [-0.15, -0.1) is 0 Å². The molecular formula is C18H23N5O2. The number of nitrogens with zero attached hydrogens (tertiary/aromatic N) is 3. The van der Waals surface area contributed by atoms with E-state index in [0.29, 0.717) is 5.82 Å². The molecule has 0 radical (unpaired) electrons. The lowest BCUT2D eigenvalue weighted by Gasteiger charge is -2.21. The van der Waals surface area contributed by atoms with Crippen molar-refractivity contribution in [2.45, 2.75) is 50.7 Å². The maximum absolute atomic E-state index is 12.3. The molecule has 4 rings (SSSR count). The summed E-state index contributed by atoms with van der Waals surface area (Å²) in [5.74, 6) is 1.35. The molecule has 0 saturated heterocycles. The summed E-state index contributed by atoms with van der Waals surface area (Å²) in [6.07, 6.45) is 9.62. The van der Waals surface area contributed by atoms with Crippen molar-refractivity contribution in [1.82, 2.24) is 20.1 Å². The summed E-state index contributed by atoms with van der Waals surface area (Å²) in [5, 5.41) is 10.00. The summed E-state index contributed by atoms with van der Waals surface area (Å²) in [5.41, 5.74) is 2.41. The van der Waals surface area contributed by atoms with E-state index in [1.165, 1.54) is 5.56 Å². The summed E-state index contributed by atoms with van der Waals surface area (Å²) >= 11 is 0. The molecule has 2 aliphatic rings. The number of nitrogens with one attached hydrogen (secondary N) is 2. The maximum Gasteiger partial charge on any atom is 0.320 e. The molecule has 2 heterocycles. The van der Waals surface area contributed by atoms with Crippen LogP contribution in [0.25, 0.3) is 0 Å². The zero-order valence-corrected chi connectivity index (χ0v) is 14.4. The molecule has 0 bridgehead atoms. The number of amides is 2. The van der Waals surface area contributed by atoms with Crippen molar-refractivity contribution in [1.29, 1.82) is 0 Å². The summed E-state index contributed by atoms with van der Waals surface area (Å²) in [4.78, 5) is 16.9. The minimum atomic E-state index is -0.225. The molecule has 1 fully saturated rings. The van der Waals surface area contributed by atoms with Crippen molar-refractivity contribution in [3.63, 3.8) is 0 Å². The molecule has 7 heteroatoms. The number of anilines is 1.